The van der Waals surface area contributed by atoms with Gasteiger partial charge in [-0.15, -0.1) is 0 Å². The summed E-state index contributed by atoms with van der Waals surface area (Å²) in [5.41, 5.74) is 5.87. The largest absolute Gasteiger partial charge is 0.478 e. The summed E-state index contributed by atoms with van der Waals surface area (Å²) < 4.78 is 5.08. The molecule has 0 unspecified atom stereocenters. The first-order chi connectivity index (χ1) is 9.20. The molecule has 1 heterocycles. The van der Waals surface area contributed by atoms with Crippen molar-refractivity contribution in [3.8, 4) is 0 Å². The van der Waals surface area contributed by atoms with Crippen molar-refractivity contribution >= 4 is 17.7 Å². The second kappa shape index (κ2) is 6.23. The number of nitrogen functional groups attached to an aromatic ring is 1. The van der Waals surface area contributed by atoms with Gasteiger partial charge in [-0.3, -0.25) is 4.98 Å². The summed E-state index contributed by atoms with van der Waals surface area (Å²) in [6.45, 7) is 5.59. The van der Waals surface area contributed by atoms with E-state index in [1.165, 1.54) is 12.4 Å². The van der Waals surface area contributed by atoms with Crippen LogP contribution in [0.25, 0.3) is 0 Å². The van der Waals surface area contributed by atoms with Gasteiger partial charge in [0.05, 0.1) is 5.69 Å². The van der Waals surface area contributed by atoms with Crippen LogP contribution in [-0.4, -0.2) is 34.3 Å². The highest BCUT2D eigenvalue weighted by Crippen LogP contribution is 2.16. The molecule has 0 aromatic carbocycles. The van der Waals surface area contributed by atoms with Crippen LogP contribution in [0, 0.1) is 0 Å². The molecule has 0 aliphatic heterocycles. The van der Waals surface area contributed by atoms with Crippen molar-refractivity contribution in [2.45, 2.75) is 32.8 Å². The maximum atomic E-state index is 11.4. The number of nitrogens with two attached hydrogens (primary N) is 1. The minimum absolute atomic E-state index is 0.0419. The number of carbonyl (C=O) groups excluding carboxylic acids is 1. The average Bonchev–Trinajstić information content (AvgIpc) is 2.28. The molecule has 1 amide bonds. The molecule has 7 nitrogen and oxygen atoms in total. The van der Waals surface area contributed by atoms with Crippen molar-refractivity contribution in [3.05, 3.63) is 23.5 Å². The van der Waals surface area contributed by atoms with E-state index in [1.54, 1.807) is 20.8 Å². The summed E-state index contributed by atoms with van der Waals surface area (Å²) in [5, 5.41) is 11.5. The smallest absolute Gasteiger partial charge is 0.407 e. The van der Waals surface area contributed by atoms with E-state index < -0.39 is 17.7 Å². The number of hydrogen-bond donors (Lipinski definition) is 3. The van der Waals surface area contributed by atoms with E-state index in [0.29, 0.717) is 12.0 Å². The van der Waals surface area contributed by atoms with Crippen molar-refractivity contribution in [1.29, 1.82) is 0 Å². The molecule has 0 radical (unpaired) electrons. The van der Waals surface area contributed by atoms with Crippen LogP contribution >= 0.6 is 0 Å². The molecule has 1 aromatic rings. The Morgan fingerprint density at radius 1 is 1.40 bits per heavy atom. The lowest BCUT2D eigenvalue weighted by Gasteiger charge is -2.19. The van der Waals surface area contributed by atoms with E-state index in [9.17, 15) is 9.59 Å². The van der Waals surface area contributed by atoms with Gasteiger partial charge >= 0.3 is 12.1 Å². The second-order valence-electron chi connectivity index (χ2n) is 5.24. The summed E-state index contributed by atoms with van der Waals surface area (Å²) in [7, 11) is 0. The number of ether oxygens (including phenoxy) is 1. The van der Waals surface area contributed by atoms with Crippen LogP contribution in [0.2, 0.25) is 0 Å². The lowest BCUT2D eigenvalue weighted by Crippen LogP contribution is -2.33. The molecule has 20 heavy (non-hydrogen) atoms. The van der Waals surface area contributed by atoms with Gasteiger partial charge in [0.1, 0.15) is 11.2 Å². The molecule has 0 aliphatic carbocycles. The molecule has 0 fully saturated rings. The zero-order valence-electron chi connectivity index (χ0n) is 11.8. The number of alkyl carbamates (subject to hydrolysis) is 1. The van der Waals surface area contributed by atoms with E-state index in [2.05, 4.69) is 10.3 Å². The highest BCUT2D eigenvalue weighted by molar-refractivity contribution is 5.93. The predicted molar refractivity (Wildman–Crippen MR) is 73.5 cm³/mol. The molecule has 7 heteroatoms. The minimum atomic E-state index is -1.13. The summed E-state index contributed by atoms with van der Waals surface area (Å²) in [6.07, 6.45) is 2.53. The van der Waals surface area contributed by atoms with Crippen LogP contribution < -0.4 is 11.1 Å². The number of carbonyl (C=O) groups is 2. The number of hydrogen-bond acceptors (Lipinski definition) is 5. The molecule has 4 N–H and O–H groups in total. The molecule has 0 bridgehead atoms. The van der Waals surface area contributed by atoms with Crippen molar-refractivity contribution in [3.63, 3.8) is 0 Å². The fourth-order valence-corrected chi connectivity index (χ4v) is 1.50. The van der Waals surface area contributed by atoms with Crippen molar-refractivity contribution in [1.82, 2.24) is 10.3 Å². The Balaban J connectivity index is 2.57. The third kappa shape index (κ3) is 4.75. The number of anilines is 1. The Morgan fingerprint density at radius 2 is 2.05 bits per heavy atom. The number of nitrogens with zero attached hydrogens (tertiary/aromatic N) is 1. The Morgan fingerprint density at radius 3 is 2.60 bits per heavy atom. The normalized spacial score (nSPS) is 10.9. The quantitative estimate of drug-likeness (QED) is 0.769. The Bertz CT molecular complexity index is 509. The van der Waals surface area contributed by atoms with Crippen LogP contribution in [-0.2, 0) is 11.2 Å². The second-order valence-corrected chi connectivity index (χ2v) is 5.24. The number of aromatic carboxylic acids is 1. The number of aromatic nitrogens is 1. The summed E-state index contributed by atoms with van der Waals surface area (Å²) >= 11 is 0. The molecule has 110 valence electrons. The molecule has 1 rings (SSSR count). The fourth-order valence-electron chi connectivity index (χ4n) is 1.50. The van der Waals surface area contributed by atoms with Gasteiger partial charge in [-0.05, 0) is 32.8 Å². The van der Waals surface area contributed by atoms with Crippen LogP contribution in [0.3, 0.4) is 0 Å². The first-order valence-corrected chi connectivity index (χ1v) is 6.13. The monoisotopic (exact) mass is 281 g/mol. The van der Waals surface area contributed by atoms with E-state index in [4.69, 9.17) is 15.6 Å². The van der Waals surface area contributed by atoms with Crippen molar-refractivity contribution < 1.29 is 19.4 Å². The molecule has 0 spiro atoms. The standard InChI is InChI=1S/C13H19N3O4/c1-13(2,3)20-12(19)16-5-4-8-6-15-7-9(10(8)14)11(17)18/h6-7H,4-5H2,1-3H3,(H2,14,15)(H,16,19)(H,17,18). The van der Waals surface area contributed by atoms with E-state index in [1.807, 2.05) is 0 Å². The molecule has 0 saturated carbocycles. The third-order valence-corrected chi connectivity index (χ3v) is 2.36. The van der Waals surface area contributed by atoms with Crippen LogP contribution in [0.1, 0.15) is 36.7 Å². The first-order valence-electron chi connectivity index (χ1n) is 6.13. The average molecular weight is 281 g/mol. The minimum Gasteiger partial charge on any atom is -0.478 e. The topological polar surface area (TPSA) is 115 Å². The number of rotatable bonds is 4. The van der Waals surface area contributed by atoms with Gasteiger partial charge in [-0.25, -0.2) is 9.59 Å². The van der Waals surface area contributed by atoms with Crippen LogP contribution in [0.5, 0.6) is 0 Å². The number of nitrogens with one attached hydrogen (secondary N) is 1. The SMILES string of the molecule is CC(C)(C)OC(=O)NCCc1cncc(C(=O)O)c1N. The molecule has 0 atom stereocenters. The number of amides is 1. The number of carboxylic acids is 1. The molecule has 0 saturated heterocycles. The van der Waals surface area contributed by atoms with E-state index in [-0.39, 0.29) is 17.8 Å². The van der Waals surface area contributed by atoms with Gasteiger partial charge in [0.15, 0.2) is 0 Å². The van der Waals surface area contributed by atoms with Crippen molar-refractivity contribution in [2.24, 2.45) is 0 Å². The number of pyridine rings is 1. The fraction of sp³-hybridized carbons (Fsp3) is 0.462. The molecule has 1 aromatic heterocycles. The van der Waals surface area contributed by atoms with Crippen molar-refractivity contribution in [2.75, 3.05) is 12.3 Å². The predicted octanol–water partition coefficient (Wildman–Crippen LogP) is 1.43. The number of carboxylic acid groups (broad SMARTS) is 1. The molecular formula is C13H19N3O4. The Hall–Kier alpha value is -2.31. The van der Waals surface area contributed by atoms with Gasteiger partial charge in [0.2, 0.25) is 0 Å². The zero-order valence-corrected chi connectivity index (χ0v) is 11.8. The zero-order chi connectivity index (χ0) is 15.3. The maximum absolute atomic E-state index is 11.4. The van der Waals surface area contributed by atoms with Crippen LogP contribution in [0.4, 0.5) is 10.5 Å². The van der Waals surface area contributed by atoms with Crippen LogP contribution in [0.15, 0.2) is 12.4 Å². The summed E-state index contributed by atoms with van der Waals surface area (Å²) in [4.78, 5) is 26.2. The van der Waals surface area contributed by atoms with Gasteiger partial charge in [-0.1, -0.05) is 0 Å². The van der Waals surface area contributed by atoms with E-state index >= 15 is 0 Å². The third-order valence-electron chi connectivity index (χ3n) is 2.36. The Labute approximate surface area is 117 Å². The lowest BCUT2D eigenvalue weighted by atomic mass is 10.1. The van der Waals surface area contributed by atoms with Gasteiger partial charge in [-0.2, -0.15) is 0 Å². The van der Waals surface area contributed by atoms with E-state index in [0.717, 1.165) is 0 Å². The first kappa shape index (κ1) is 15.7. The lowest BCUT2D eigenvalue weighted by molar-refractivity contribution is 0.0527. The van der Waals surface area contributed by atoms with Gasteiger partial charge < -0.3 is 20.9 Å². The molecule has 0 aliphatic rings. The summed E-state index contributed by atoms with van der Waals surface area (Å²) in [6, 6.07) is 0. The highest BCUT2D eigenvalue weighted by atomic mass is 16.6. The highest BCUT2D eigenvalue weighted by Gasteiger charge is 2.16. The van der Waals surface area contributed by atoms with Gasteiger partial charge in [0.25, 0.3) is 0 Å². The summed E-state index contributed by atoms with van der Waals surface area (Å²) in [5.74, 6) is -1.13. The Kier molecular flexibility index (Phi) is 4.90. The van der Waals surface area contributed by atoms with Gasteiger partial charge in [0, 0.05) is 18.9 Å². The molecular weight excluding hydrogens is 262 g/mol. The maximum Gasteiger partial charge on any atom is 0.407 e.